The number of carbonyl (C=O) groups is 1. The summed E-state index contributed by atoms with van der Waals surface area (Å²) in [6.07, 6.45) is 8.58. The highest BCUT2D eigenvalue weighted by Gasteiger charge is 2.41. The van der Waals surface area contributed by atoms with Crippen LogP contribution in [-0.4, -0.2) is 39.7 Å². The summed E-state index contributed by atoms with van der Waals surface area (Å²) in [6.45, 7) is 6.20. The molecule has 0 radical (unpaired) electrons. The Bertz CT molecular complexity index is 463. The number of rotatable bonds is 13. The fraction of sp³-hybridized carbons (Fsp3) is 0.864. The Morgan fingerprint density at radius 1 is 1.22 bits per heavy atom. The average Bonchev–Trinajstić information content (AvgIpc) is 2.86. The summed E-state index contributed by atoms with van der Waals surface area (Å²) >= 11 is 0. The number of aliphatic hydroxyl groups is 2. The van der Waals surface area contributed by atoms with Crippen LogP contribution in [-0.2, 0) is 4.79 Å². The molecule has 1 fully saturated rings. The highest BCUT2D eigenvalue weighted by atomic mass is 19.1. The van der Waals surface area contributed by atoms with Crippen molar-refractivity contribution in [1.29, 1.82) is 0 Å². The van der Waals surface area contributed by atoms with Gasteiger partial charge in [-0.2, -0.15) is 0 Å². The molecule has 1 saturated carbocycles. The molecule has 5 atom stereocenters. The standard InChI is InChI=1S/C22H39FO4/c1-4-5-14-22(2,3)20(25)13-12-17-16(18(23)15-19(17)24)10-8-6-7-9-11-21(26)27/h12-13,16-20,24-25H,4-11,14-15H2,1-3H3,(H,26,27)/b13-12+/t16-,17-,18-,19-,20-/m1/s1. The summed E-state index contributed by atoms with van der Waals surface area (Å²) in [5.41, 5.74) is -0.231. The normalized spacial score (nSPS) is 27.3. The first kappa shape index (κ1) is 24.1. The number of carboxylic acids is 1. The third-order valence-corrected chi connectivity index (χ3v) is 6.04. The van der Waals surface area contributed by atoms with Crippen molar-refractivity contribution in [3.63, 3.8) is 0 Å². The quantitative estimate of drug-likeness (QED) is 0.311. The molecular weight excluding hydrogens is 347 g/mol. The maximum Gasteiger partial charge on any atom is 0.303 e. The van der Waals surface area contributed by atoms with Crippen molar-refractivity contribution in [3.05, 3.63) is 12.2 Å². The molecule has 1 rings (SSSR count). The molecule has 0 heterocycles. The van der Waals surface area contributed by atoms with Crippen molar-refractivity contribution in [2.24, 2.45) is 17.3 Å². The third kappa shape index (κ3) is 8.30. The maximum atomic E-state index is 14.4. The smallest absolute Gasteiger partial charge is 0.303 e. The van der Waals surface area contributed by atoms with Crippen LogP contribution in [0.3, 0.4) is 0 Å². The molecule has 0 unspecified atom stereocenters. The Labute approximate surface area is 163 Å². The summed E-state index contributed by atoms with van der Waals surface area (Å²) in [4.78, 5) is 10.5. The number of hydrogen-bond donors (Lipinski definition) is 3. The molecule has 158 valence electrons. The van der Waals surface area contributed by atoms with E-state index in [-0.39, 0.29) is 30.1 Å². The van der Waals surface area contributed by atoms with Crippen LogP contribution in [0, 0.1) is 17.3 Å². The number of alkyl halides is 1. The Kier molecular flexibility index (Phi) is 10.5. The van der Waals surface area contributed by atoms with Crippen LogP contribution in [0.15, 0.2) is 12.2 Å². The van der Waals surface area contributed by atoms with Crippen molar-refractivity contribution in [3.8, 4) is 0 Å². The molecule has 0 aromatic heterocycles. The minimum absolute atomic E-state index is 0.161. The zero-order chi connectivity index (χ0) is 20.4. The van der Waals surface area contributed by atoms with Crippen LogP contribution >= 0.6 is 0 Å². The van der Waals surface area contributed by atoms with E-state index in [9.17, 15) is 19.4 Å². The molecule has 0 aromatic carbocycles. The molecule has 0 saturated heterocycles. The van der Waals surface area contributed by atoms with Crippen LogP contribution in [0.5, 0.6) is 0 Å². The largest absolute Gasteiger partial charge is 0.481 e. The van der Waals surface area contributed by atoms with Crippen molar-refractivity contribution >= 4 is 5.97 Å². The van der Waals surface area contributed by atoms with E-state index in [4.69, 9.17) is 5.11 Å². The lowest BCUT2D eigenvalue weighted by molar-refractivity contribution is -0.137. The van der Waals surface area contributed by atoms with E-state index in [1.165, 1.54) is 0 Å². The van der Waals surface area contributed by atoms with Gasteiger partial charge in [0.1, 0.15) is 6.17 Å². The Hall–Kier alpha value is -0.940. The van der Waals surface area contributed by atoms with Crippen LogP contribution in [0.4, 0.5) is 4.39 Å². The van der Waals surface area contributed by atoms with Crippen molar-refractivity contribution in [2.45, 2.75) is 103 Å². The lowest BCUT2D eigenvalue weighted by Crippen LogP contribution is -2.28. The number of hydrogen-bond acceptors (Lipinski definition) is 3. The monoisotopic (exact) mass is 386 g/mol. The van der Waals surface area contributed by atoms with Gasteiger partial charge >= 0.3 is 5.97 Å². The van der Waals surface area contributed by atoms with Gasteiger partial charge < -0.3 is 15.3 Å². The first-order chi connectivity index (χ1) is 12.7. The van der Waals surface area contributed by atoms with E-state index in [1.807, 2.05) is 19.9 Å². The molecule has 0 amide bonds. The van der Waals surface area contributed by atoms with Gasteiger partial charge in [0, 0.05) is 18.8 Å². The fourth-order valence-corrected chi connectivity index (χ4v) is 4.02. The van der Waals surface area contributed by atoms with Crippen LogP contribution < -0.4 is 0 Å². The van der Waals surface area contributed by atoms with Crippen LogP contribution in [0.2, 0.25) is 0 Å². The zero-order valence-corrected chi connectivity index (χ0v) is 17.2. The van der Waals surface area contributed by atoms with Crippen LogP contribution in [0.25, 0.3) is 0 Å². The minimum Gasteiger partial charge on any atom is -0.481 e. The predicted octanol–water partition coefficient (Wildman–Crippen LogP) is 4.88. The molecule has 0 bridgehead atoms. The lowest BCUT2D eigenvalue weighted by atomic mass is 9.80. The Balaban J connectivity index is 2.53. The van der Waals surface area contributed by atoms with Crippen molar-refractivity contribution in [2.75, 3.05) is 0 Å². The molecular formula is C22H39FO4. The molecule has 27 heavy (non-hydrogen) atoms. The predicted molar refractivity (Wildman–Crippen MR) is 106 cm³/mol. The van der Waals surface area contributed by atoms with E-state index < -0.39 is 24.3 Å². The highest BCUT2D eigenvalue weighted by Crippen LogP contribution is 2.39. The van der Waals surface area contributed by atoms with E-state index >= 15 is 0 Å². The minimum atomic E-state index is -1.01. The second-order valence-electron chi connectivity index (χ2n) is 8.83. The first-order valence-corrected chi connectivity index (χ1v) is 10.6. The lowest BCUT2D eigenvalue weighted by Gasteiger charge is -2.29. The average molecular weight is 387 g/mol. The van der Waals surface area contributed by atoms with Gasteiger partial charge in [-0.05, 0) is 30.6 Å². The molecule has 0 aliphatic heterocycles. The molecule has 4 nitrogen and oxygen atoms in total. The molecule has 0 aromatic rings. The van der Waals surface area contributed by atoms with Gasteiger partial charge in [-0.1, -0.05) is 65.0 Å². The number of carboxylic acid groups (broad SMARTS) is 1. The summed E-state index contributed by atoms with van der Waals surface area (Å²) in [5.74, 6) is -1.25. The highest BCUT2D eigenvalue weighted by molar-refractivity contribution is 5.66. The third-order valence-electron chi connectivity index (χ3n) is 6.04. The maximum absolute atomic E-state index is 14.4. The van der Waals surface area contributed by atoms with E-state index in [0.717, 1.165) is 38.5 Å². The zero-order valence-electron chi connectivity index (χ0n) is 17.2. The van der Waals surface area contributed by atoms with Gasteiger partial charge in [0.2, 0.25) is 0 Å². The first-order valence-electron chi connectivity index (χ1n) is 10.6. The topological polar surface area (TPSA) is 77.8 Å². The molecule has 0 spiro atoms. The number of halogens is 1. The number of unbranched alkanes of at least 4 members (excludes halogenated alkanes) is 4. The summed E-state index contributed by atoms with van der Waals surface area (Å²) in [6, 6.07) is 0. The van der Waals surface area contributed by atoms with Gasteiger partial charge in [-0.3, -0.25) is 4.79 Å². The van der Waals surface area contributed by atoms with Gasteiger partial charge in [-0.15, -0.1) is 0 Å². The van der Waals surface area contributed by atoms with Gasteiger partial charge in [0.05, 0.1) is 12.2 Å². The Morgan fingerprint density at radius 2 is 1.89 bits per heavy atom. The SMILES string of the molecule is CCCCC(C)(C)[C@H](O)/C=C/[C@@H]1[C@@H](CCCCCCC(=O)O)[C@H](F)C[C@H]1O. The molecule has 1 aliphatic carbocycles. The van der Waals surface area contributed by atoms with Gasteiger partial charge in [0.25, 0.3) is 0 Å². The van der Waals surface area contributed by atoms with Gasteiger partial charge in [0.15, 0.2) is 0 Å². The molecule has 3 N–H and O–H groups in total. The fourth-order valence-electron chi connectivity index (χ4n) is 4.02. The number of aliphatic carboxylic acids is 1. The van der Waals surface area contributed by atoms with Crippen molar-refractivity contribution in [1.82, 2.24) is 0 Å². The summed E-state index contributed by atoms with van der Waals surface area (Å²) in [5, 5.41) is 29.4. The van der Waals surface area contributed by atoms with Crippen molar-refractivity contribution < 1.29 is 24.5 Å². The number of aliphatic hydroxyl groups excluding tert-OH is 2. The second kappa shape index (κ2) is 11.8. The summed E-state index contributed by atoms with van der Waals surface area (Å²) in [7, 11) is 0. The second-order valence-corrected chi connectivity index (χ2v) is 8.83. The van der Waals surface area contributed by atoms with Crippen LogP contribution in [0.1, 0.15) is 85.0 Å². The van der Waals surface area contributed by atoms with E-state index in [0.29, 0.717) is 12.8 Å². The molecule has 5 heteroatoms. The van der Waals surface area contributed by atoms with Gasteiger partial charge in [-0.25, -0.2) is 4.39 Å². The Morgan fingerprint density at radius 3 is 2.52 bits per heavy atom. The summed E-state index contributed by atoms with van der Waals surface area (Å²) < 4.78 is 14.4. The van der Waals surface area contributed by atoms with E-state index in [2.05, 4.69) is 6.92 Å². The van der Waals surface area contributed by atoms with E-state index in [1.54, 1.807) is 6.08 Å². The molecule has 1 aliphatic rings.